The van der Waals surface area contributed by atoms with Gasteiger partial charge in [0, 0.05) is 25.5 Å². The molecule has 2 aromatic rings. The van der Waals surface area contributed by atoms with Crippen LogP contribution in [0.15, 0.2) is 42.7 Å². The first-order valence-electron chi connectivity index (χ1n) is 7.63. The van der Waals surface area contributed by atoms with Crippen molar-refractivity contribution < 1.29 is 9.59 Å². The Labute approximate surface area is 135 Å². The van der Waals surface area contributed by atoms with Gasteiger partial charge in [-0.25, -0.2) is 4.98 Å². The van der Waals surface area contributed by atoms with Crippen molar-refractivity contribution in [2.45, 2.75) is 26.3 Å². The van der Waals surface area contributed by atoms with Crippen LogP contribution in [0.2, 0.25) is 0 Å². The van der Waals surface area contributed by atoms with Crippen molar-refractivity contribution in [3.8, 4) is 0 Å². The molecule has 0 unspecified atom stereocenters. The third kappa shape index (κ3) is 5.18. The molecular weight excluding hydrogens is 292 g/mol. The summed E-state index contributed by atoms with van der Waals surface area (Å²) in [6, 6.07) is 8.49. The Morgan fingerprint density at radius 2 is 1.65 bits per heavy atom. The van der Waals surface area contributed by atoms with Gasteiger partial charge in [0.15, 0.2) is 0 Å². The van der Waals surface area contributed by atoms with E-state index >= 15 is 0 Å². The number of nitrogens with one attached hydrogen (secondary N) is 2. The van der Waals surface area contributed by atoms with Crippen LogP contribution in [0, 0.1) is 0 Å². The Bertz CT molecular complexity index is 659. The number of pyridine rings is 2. The second kappa shape index (κ2) is 8.63. The third-order valence-electron chi connectivity index (χ3n) is 3.23. The number of nitrogens with zero attached hydrogens (tertiary/aromatic N) is 2. The summed E-state index contributed by atoms with van der Waals surface area (Å²) in [6.07, 6.45) is 5.25. The van der Waals surface area contributed by atoms with E-state index < -0.39 is 0 Å². The van der Waals surface area contributed by atoms with E-state index in [1.54, 1.807) is 30.6 Å². The maximum absolute atomic E-state index is 12.1. The van der Waals surface area contributed by atoms with Crippen molar-refractivity contribution in [3.63, 3.8) is 0 Å². The van der Waals surface area contributed by atoms with Crippen LogP contribution in [-0.2, 0) is 6.54 Å². The first kappa shape index (κ1) is 16.6. The molecule has 2 rings (SSSR count). The predicted octanol–water partition coefficient (Wildman–Crippen LogP) is 1.94. The maximum Gasteiger partial charge on any atom is 0.270 e. The molecule has 2 amide bonds. The zero-order valence-corrected chi connectivity index (χ0v) is 13.1. The topological polar surface area (TPSA) is 84.0 Å². The summed E-state index contributed by atoms with van der Waals surface area (Å²) in [7, 11) is 0. The van der Waals surface area contributed by atoms with E-state index in [0.717, 1.165) is 18.4 Å². The van der Waals surface area contributed by atoms with Crippen LogP contribution >= 0.6 is 0 Å². The molecule has 2 heterocycles. The number of unbranched alkanes of at least 4 members (excludes halogenated alkanes) is 1. The zero-order chi connectivity index (χ0) is 16.5. The molecule has 0 aliphatic rings. The number of hydrogen-bond donors (Lipinski definition) is 2. The minimum absolute atomic E-state index is 0.224. The standard InChI is InChI=1S/C17H20N4O2/c1-2-3-9-19-16(22)14-5-4-6-15(21-14)17(23)20-12-13-7-10-18-11-8-13/h4-8,10-11H,2-3,9,12H2,1H3,(H,19,22)(H,20,23). The van der Waals surface area contributed by atoms with Crippen molar-refractivity contribution >= 4 is 11.8 Å². The number of carbonyl (C=O) groups excluding carboxylic acids is 2. The van der Waals surface area contributed by atoms with Crippen molar-refractivity contribution in [2.75, 3.05) is 6.54 Å². The van der Waals surface area contributed by atoms with Gasteiger partial charge in [-0.05, 0) is 36.2 Å². The van der Waals surface area contributed by atoms with Crippen LogP contribution < -0.4 is 10.6 Å². The molecule has 6 nitrogen and oxygen atoms in total. The highest BCUT2D eigenvalue weighted by atomic mass is 16.2. The average Bonchev–Trinajstić information content (AvgIpc) is 2.61. The number of aromatic nitrogens is 2. The van der Waals surface area contributed by atoms with Crippen molar-refractivity contribution in [2.24, 2.45) is 0 Å². The second-order valence-electron chi connectivity index (χ2n) is 5.06. The van der Waals surface area contributed by atoms with Gasteiger partial charge >= 0.3 is 0 Å². The molecule has 0 aromatic carbocycles. The fraction of sp³-hybridized carbons (Fsp3) is 0.294. The molecule has 0 spiro atoms. The molecule has 2 N–H and O–H groups in total. The molecule has 0 bridgehead atoms. The van der Waals surface area contributed by atoms with E-state index in [9.17, 15) is 9.59 Å². The highest BCUT2D eigenvalue weighted by molar-refractivity contribution is 5.96. The Morgan fingerprint density at radius 3 is 2.30 bits per heavy atom. The van der Waals surface area contributed by atoms with E-state index in [1.807, 2.05) is 12.1 Å². The van der Waals surface area contributed by atoms with E-state index in [1.165, 1.54) is 0 Å². The van der Waals surface area contributed by atoms with Gasteiger partial charge in [-0.3, -0.25) is 14.6 Å². The molecule has 0 atom stereocenters. The van der Waals surface area contributed by atoms with E-state index in [2.05, 4.69) is 27.5 Å². The predicted molar refractivity (Wildman–Crippen MR) is 86.9 cm³/mol. The smallest absolute Gasteiger partial charge is 0.270 e. The Hall–Kier alpha value is -2.76. The molecule has 0 aliphatic carbocycles. The van der Waals surface area contributed by atoms with E-state index in [-0.39, 0.29) is 23.2 Å². The van der Waals surface area contributed by atoms with Crippen molar-refractivity contribution in [3.05, 3.63) is 59.7 Å². The summed E-state index contributed by atoms with van der Waals surface area (Å²) >= 11 is 0. The number of hydrogen-bond acceptors (Lipinski definition) is 4. The molecule has 0 saturated carbocycles. The Kier molecular flexibility index (Phi) is 6.23. The van der Waals surface area contributed by atoms with Gasteiger partial charge in [-0.2, -0.15) is 0 Å². The van der Waals surface area contributed by atoms with Gasteiger partial charge in [0.2, 0.25) is 0 Å². The summed E-state index contributed by atoms with van der Waals surface area (Å²) in [5.41, 5.74) is 1.42. The van der Waals surface area contributed by atoms with Crippen LogP contribution in [0.1, 0.15) is 46.3 Å². The van der Waals surface area contributed by atoms with E-state index in [0.29, 0.717) is 13.1 Å². The van der Waals surface area contributed by atoms with Crippen LogP contribution in [0.3, 0.4) is 0 Å². The van der Waals surface area contributed by atoms with Gasteiger partial charge in [-0.1, -0.05) is 19.4 Å². The van der Waals surface area contributed by atoms with E-state index in [4.69, 9.17) is 0 Å². The van der Waals surface area contributed by atoms with Gasteiger partial charge < -0.3 is 10.6 Å². The molecular formula is C17H20N4O2. The molecule has 2 aromatic heterocycles. The summed E-state index contributed by atoms with van der Waals surface area (Å²) in [6.45, 7) is 3.05. The molecule has 0 radical (unpaired) electrons. The summed E-state index contributed by atoms with van der Waals surface area (Å²) in [4.78, 5) is 32.1. The lowest BCUT2D eigenvalue weighted by molar-refractivity contribution is 0.0942. The summed E-state index contributed by atoms with van der Waals surface area (Å²) in [5.74, 6) is -0.577. The highest BCUT2D eigenvalue weighted by Crippen LogP contribution is 2.02. The third-order valence-corrected chi connectivity index (χ3v) is 3.23. The first-order chi connectivity index (χ1) is 11.2. The van der Waals surface area contributed by atoms with Crippen molar-refractivity contribution in [1.29, 1.82) is 0 Å². The SMILES string of the molecule is CCCCNC(=O)c1cccc(C(=O)NCc2ccncc2)n1. The minimum Gasteiger partial charge on any atom is -0.351 e. The lowest BCUT2D eigenvalue weighted by atomic mass is 10.2. The number of rotatable bonds is 7. The highest BCUT2D eigenvalue weighted by Gasteiger charge is 2.11. The Morgan fingerprint density at radius 1 is 1.00 bits per heavy atom. The van der Waals surface area contributed by atoms with Gasteiger partial charge in [0.25, 0.3) is 11.8 Å². The Balaban J connectivity index is 1.95. The zero-order valence-electron chi connectivity index (χ0n) is 13.1. The molecule has 0 aliphatic heterocycles. The average molecular weight is 312 g/mol. The summed E-state index contributed by atoms with van der Waals surface area (Å²) in [5, 5.41) is 5.56. The molecule has 120 valence electrons. The van der Waals surface area contributed by atoms with Gasteiger partial charge in [0.1, 0.15) is 11.4 Å². The summed E-state index contributed by atoms with van der Waals surface area (Å²) < 4.78 is 0. The van der Waals surface area contributed by atoms with Crippen LogP contribution in [0.25, 0.3) is 0 Å². The second-order valence-corrected chi connectivity index (χ2v) is 5.06. The number of amides is 2. The quantitative estimate of drug-likeness (QED) is 0.765. The normalized spacial score (nSPS) is 10.1. The molecule has 6 heteroatoms. The fourth-order valence-electron chi connectivity index (χ4n) is 1.93. The van der Waals surface area contributed by atoms with Crippen molar-refractivity contribution in [1.82, 2.24) is 20.6 Å². The molecule has 23 heavy (non-hydrogen) atoms. The minimum atomic E-state index is -0.315. The van der Waals surface area contributed by atoms with Gasteiger partial charge in [0.05, 0.1) is 0 Å². The monoisotopic (exact) mass is 312 g/mol. The molecule has 0 saturated heterocycles. The van der Waals surface area contributed by atoms with Crippen LogP contribution in [0.5, 0.6) is 0 Å². The molecule has 0 fully saturated rings. The lowest BCUT2D eigenvalue weighted by Gasteiger charge is -2.07. The van der Waals surface area contributed by atoms with Gasteiger partial charge in [-0.15, -0.1) is 0 Å². The van der Waals surface area contributed by atoms with Crippen LogP contribution in [0.4, 0.5) is 0 Å². The largest absolute Gasteiger partial charge is 0.351 e. The number of carbonyl (C=O) groups is 2. The first-order valence-corrected chi connectivity index (χ1v) is 7.63. The fourth-order valence-corrected chi connectivity index (χ4v) is 1.93. The lowest BCUT2D eigenvalue weighted by Crippen LogP contribution is -2.28. The maximum atomic E-state index is 12.1. The van der Waals surface area contributed by atoms with Crippen LogP contribution in [-0.4, -0.2) is 28.3 Å².